The first-order chi connectivity index (χ1) is 10.6. The number of hydrogen-bond acceptors (Lipinski definition) is 5. The van der Waals surface area contributed by atoms with Crippen molar-refractivity contribution in [3.05, 3.63) is 35.9 Å². The molecule has 4 rings (SSSR count). The standard InChI is InChI=1S/C16H18FN3O2/c1-16(8-22-9-16)13(21)14-18-15-11(17)7-12(20(15)19-14)10-5-3-2-4-6-10/h2-6,11-12,15H,7-9H2,1H3,(H,18,19)/t11-,12-,15?/m1/s1. The zero-order chi connectivity index (χ0) is 15.3. The molecule has 116 valence electrons. The van der Waals surface area contributed by atoms with Crippen LogP contribution in [0.1, 0.15) is 24.9 Å². The van der Waals surface area contributed by atoms with Gasteiger partial charge >= 0.3 is 0 Å². The molecular formula is C16H18FN3O2. The molecule has 3 aliphatic rings. The number of nitrogens with one attached hydrogen (secondary N) is 1. The molecule has 3 atom stereocenters. The SMILES string of the molecule is CC1(C(=O)C2=NC3[C@H](F)C[C@H](c4ccccc4)N3N2)COC1. The smallest absolute Gasteiger partial charge is 0.209 e. The minimum atomic E-state index is -1.08. The molecule has 0 radical (unpaired) electrons. The number of halogens is 1. The molecule has 6 heteroatoms. The third-order valence-electron chi connectivity index (χ3n) is 4.68. The van der Waals surface area contributed by atoms with Crippen molar-refractivity contribution in [3.8, 4) is 0 Å². The molecule has 3 heterocycles. The molecule has 0 spiro atoms. The summed E-state index contributed by atoms with van der Waals surface area (Å²) in [7, 11) is 0. The molecule has 0 aliphatic carbocycles. The van der Waals surface area contributed by atoms with Gasteiger partial charge in [-0.15, -0.1) is 0 Å². The Kier molecular flexibility index (Phi) is 3.06. The number of hydrazine groups is 1. The van der Waals surface area contributed by atoms with Gasteiger partial charge in [-0.2, -0.15) is 5.01 Å². The molecular weight excluding hydrogens is 285 g/mol. The van der Waals surface area contributed by atoms with Gasteiger partial charge in [0.2, 0.25) is 5.78 Å². The molecule has 2 saturated heterocycles. The van der Waals surface area contributed by atoms with Crippen molar-refractivity contribution in [2.75, 3.05) is 13.2 Å². The highest BCUT2D eigenvalue weighted by atomic mass is 19.1. The summed E-state index contributed by atoms with van der Waals surface area (Å²) in [6.45, 7) is 2.66. The van der Waals surface area contributed by atoms with Gasteiger partial charge in [-0.1, -0.05) is 30.3 Å². The fraction of sp³-hybridized carbons (Fsp3) is 0.500. The summed E-state index contributed by atoms with van der Waals surface area (Å²) < 4.78 is 19.5. The van der Waals surface area contributed by atoms with Crippen LogP contribution >= 0.6 is 0 Å². The van der Waals surface area contributed by atoms with Gasteiger partial charge in [0.15, 0.2) is 12.0 Å². The van der Waals surface area contributed by atoms with E-state index in [1.54, 1.807) is 5.01 Å². The Morgan fingerprint density at radius 2 is 2.14 bits per heavy atom. The Balaban J connectivity index is 1.57. The van der Waals surface area contributed by atoms with E-state index in [-0.39, 0.29) is 17.7 Å². The first-order valence-corrected chi connectivity index (χ1v) is 7.53. The van der Waals surface area contributed by atoms with Gasteiger partial charge in [-0.25, -0.2) is 9.38 Å². The van der Waals surface area contributed by atoms with Crippen LogP contribution in [0.3, 0.4) is 0 Å². The summed E-state index contributed by atoms with van der Waals surface area (Å²) in [6.07, 6.45) is -1.31. The molecule has 0 amide bonds. The normalized spacial score (nSPS) is 32.8. The van der Waals surface area contributed by atoms with Gasteiger partial charge in [-0.3, -0.25) is 10.2 Å². The molecule has 1 N–H and O–H groups in total. The summed E-state index contributed by atoms with van der Waals surface area (Å²) in [5.74, 6) is 0.172. The minimum absolute atomic E-state index is 0.0906. The number of ether oxygens (including phenoxy) is 1. The fourth-order valence-electron chi connectivity index (χ4n) is 3.28. The third kappa shape index (κ3) is 1.98. The molecule has 0 saturated carbocycles. The first-order valence-electron chi connectivity index (χ1n) is 7.53. The van der Waals surface area contributed by atoms with Gasteiger partial charge in [0.05, 0.1) is 24.7 Å². The van der Waals surface area contributed by atoms with Crippen LogP contribution in [-0.4, -0.2) is 42.2 Å². The number of fused-ring (bicyclic) bond motifs is 1. The number of hydrogen-bond donors (Lipinski definition) is 1. The van der Waals surface area contributed by atoms with E-state index in [1.807, 2.05) is 37.3 Å². The van der Waals surface area contributed by atoms with Crippen LogP contribution in [0, 0.1) is 5.41 Å². The number of carbonyl (C=O) groups excluding carboxylic acids is 1. The number of amidine groups is 1. The monoisotopic (exact) mass is 303 g/mol. The number of benzene rings is 1. The largest absolute Gasteiger partial charge is 0.379 e. The van der Waals surface area contributed by atoms with Crippen molar-refractivity contribution >= 4 is 11.6 Å². The quantitative estimate of drug-likeness (QED) is 0.922. The van der Waals surface area contributed by atoms with Gasteiger partial charge < -0.3 is 4.74 Å². The minimum Gasteiger partial charge on any atom is -0.379 e. The van der Waals surface area contributed by atoms with Crippen LogP contribution in [0.5, 0.6) is 0 Å². The maximum absolute atomic E-state index is 14.3. The van der Waals surface area contributed by atoms with Gasteiger partial charge in [0.1, 0.15) is 6.17 Å². The maximum atomic E-state index is 14.3. The molecule has 1 unspecified atom stereocenters. The van der Waals surface area contributed by atoms with Crippen molar-refractivity contribution in [1.82, 2.24) is 10.4 Å². The van der Waals surface area contributed by atoms with Gasteiger partial charge in [0, 0.05) is 6.42 Å². The highest BCUT2D eigenvalue weighted by Gasteiger charge is 2.50. The fourth-order valence-corrected chi connectivity index (χ4v) is 3.28. The van der Waals surface area contributed by atoms with Crippen molar-refractivity contribution in [2.24, 2.45) is 10.4 Å². The Morgan fingerprint density at radius 1 is 1.41 bits per heavy atom. The lowest BCUT2D eigenvalue weighted by Crippen LogP contribution is -2.53. The third-order valence-corrected chi connectivity index (χ3v) is 4.68. The van der Waals surface area contributed by atoms with E-state index in [0.717, 1.165) is 5.56 Å². The number of rotatable bonds is 3. The van der Waals surface area contributed by atoms with Crippen LogP contribution in [0.2, 0.25) is 0 Å². The highest BCUT2D eigenvalue weighted by Crippen LogP contribution is 2.39. The molecule has 22 heavy (non-hydrogen) atoms. The molecule has 3 aliphatic heterocycles. The Hall–Kier alpha value is -1.79. The summed E-state index contributed by atoms with van der Waals surface area (Å²) in [4.78, 5) is 16.8. The summed E-state index contributed by atoms with van der Waals surface area (Å²) in [6, 6.07) is 9.64. The van der Waals surface area contributed by atoms with E-state index in [1.165, 1.54) is 0 Å². The lowest BCUT2D eigenvalue weighted by atomic mass is 9.83. The molecule has 1 aromatic carbocycles. The first kappa shape index (κ1) is 13.8. The van der Waals surface area contributed by atoms with Crippen LogP contribution in [-0.2, 0) is 9.53 Å². The van der Waals surface area contributed by atoms with E-state index in [9.17, 15) is 9.18 Å². The van der Waals surface area contributed by atoms with Crippen LogP contribution in [0.4, 0.5) is 4.39 Å². The Bertz CT molecular complexity index is 630. The van der Waals surface area contributed by atoms with Crippen molar-refractivity contribution in [3.63, 3.8) is 0 Å². The predicted octanol–water partition coefficient (Wildman–Crippen LogP) is 1.62. The number of Topliss-reactive ketones (excluding diaryl/α,β-unsaturated/α-hetero) is 1. The average molecular weight is 303 g/mol. The van der Waals surface area contributed by atoms with E-state index in [2.05, 4.69) is 10.4 Å². The number of ketones is 1. The second-order valence-corrected chi connectivity index (χ2v) is 6.47. The van der Waals surface area contributed by atoms with Crippen LogP contribution in [0.25, 0.3) is 0 Å². The van der Waals surface area contributed by atoms with Crippen LogP contribution < -0.4 is 5.43 Å². The van der Waals surface area contributed by atoms with Crippen molar-refractivity contribution < 1.29 is 13.9 Å². The summed E-state index contributed by atoms with van der Waals surface area (Å²) in [5, 5.41) is 1.77. The van der Waals surface area contributed by atoms with Crippen molar-refractivity contribution in [1.29, 1.82) is 0 Å². The highest BCUT2D eigenvalue weighted by molar-refractivity contribution is 6.41. The zero-order valence-corrected chi connectivity index (χ0v) is 12.3. The molecule has 5 nitrogen and oxygen atoms in total. The molecule has 1 aromatic rings. The Morgan fingerprint density at radius 3 is 2.77 bits per heavy atom. The Labute approximate surface area is 128 Å². The van der Waals surface area contributed by atoms with E-state index >= 15 is 0 Å². The second kappa shape index (κ2) is 4.86. The maximum Gasteiger partial charge on any atom is 0.209 e. The van der Waals surface area contributed by atoms with Crippen molar-refractivity contribution in [2.45, 2.75) is 31.7 Å². The molecule has 2 fully saturated rings. The predicted molar refractivity (Wildman–Crippen MR) is 78.8 cm³/mol. The topological polar surface area (TPSA) is 53.9 Å². The number of alkyl halides is 1. The zero-order valence-electron chi connectivity index (χ0n) is 12.3. The number of carbonyl (C=O) groups is 1. The molecule has 0 bridgehead atoms. The average Bonchev–Trinajstić information content (AvgIpc) is 3.06. The molecule has 0 aromatic heterocycles. The summed E-state index contributed by atoms with van der Waals surface area (Å²) >= 11 is 0. The van der Waals surface area contributed by atoms with Gasteiger partial charge in [-0.05, 0) is 12.5 Å². The van der Waals surface area contributed by atoms with E-state index in [0.29, 0.717) is 19.6 Å². The lowest BCUT2D eigenvalue weighted by Gasteiger charge is -2.36. The lowest BCUT2D eigenvalue weighted by molar-refractivity contribution is -0.148. The number of nitrogens with zero attached hydrogens (tertiary/aromatic N) is 2. The van der Waals surface area contributed by atoms with Crippen LogP contribution in [0.15, 0.2) is 35.3 Å². The second-order valence-electron chi connectivity index (χ2n) is 6.47. The van der Waals surface area contributed by atoms with E-state index in [4.69, 9.17) is 4.74 Å². The van der Waals surface area contributed by atoms with Gasteiger partial charge in [0.25, 0.3) is 0 Å². The number of aliphatic imine (C=N–C) groups is 1. The summed E-state index contributed by atoms with van der Waals surface area (Å²) in [5.41, 5.74) is 3.55. The van der Waals surface area contributed by atoms with E-state index < -0.39 is 17.8 Å².